The summed E-state index contributed by atoms with van der Waals surface area (Å²) in [6, 6.07) is 41.2. The Bertz CT molecular complexity index is 3940. The van der Waals surface area contributed by atoms with E-state index in [1.54, 1.807) is 22.8 Å². The molecule has 5 heteroatoms. The molecule has 0 fully saturated rings. The smallest absolute Gasteiger partial charge is 0.269 e. The Morgan fingerprint density at radius 1 is 0.578 bits per heavy atom. The number of hydrogen-bond acceptors (Lipinski definition) is 2. The lowest BCUT2D eigenvalue weighted by Crippen LogP contribution is -2.31. The molecule has 11 rings (SSSR count). The van der Waals surface area contributed by atoms with Crippen molar-refractivity contribution >= 4 is 32.8 Å². The average molecular weight is 837 g/mol. The van der Waals surface area contributed by atoms with Gasteiger partial charge in [-0.05, 0) is 105 Å². The van der Waals surface area contributed by atoms with E-state index in [1.165, 1.54) is 5.56 Å². The van der Waals surface area contributed by atoms with Gasteiger partial charge >= 0.3 is 0 Å². The minimum atomic E-state index is -0.570. The molecule has 3 aromatic heterocycles. The van der Waals surface area contributed by atoms with Gasteiger partial charge in [0.1, 0.15) is 17.3 Å². The summed E-state index contributed by atoms with van der Waals surface area (Å²) in [4.78, 5) is 4.86. The summed E-state index contributed by atoms with van der Waals surface area (Å²) >= 11 is 0. The van der Waals surface area contributed by atoms with Crippen LogP contribution in [0.3, 0.4) is 0 Å². The molecule has 0 spiro atoms. The molecule has 0 bridgehead atoms. The molecule has 0 saturated carbocycles. The van der Waals surface area contributed by atoms with Crippen LogP contribution in [0.25, 0.3) is 83.4 Å². The Balaban J connectivity index is 1.12. The van der Waals surface area contributed by atoms with Crippen LogP contribution in [0, 0.1) is 11.7 Å². The third kappa shape index (κ3) is 7.31. The number of aromatic nitrogens is 4. The summed E-state index contributed by atoms with van der Waals surface area (Å²) < 4.78 is 100. The highest BCUT2D eigenvalue weighted by Gasteiger charge is 2.21. The van der Waals surface area contributed by atoms with E-state index in [2.05, 4.69) is 62.0 Å². The molecule has 5 nitrogen and oxygen atoms in total. The Kier molecular flexibility index (Phi) is 7.34. The first kappa shape index (κ1) is 29.3. The molecule has 308 valence electrons. The van der Waals surface area contributed by atoms with Crippen LogP contribution in [0.4, 0.5) is 0 Å². The summed E-state index contributed by atoms with van der Waals surface area (Å²) in [6.07, 6.45) is 6.26. The number of nitrogens with zero attached hydrogens (tertiary/aromatic N) is 4. The van der Waals surface area contributed by atoms with Crippen molar-refractivity contribution in [1.29, 1.82) is 0 Å². The van der Waals surface area contributed by atoms with Crippen LogP contribution < -0.4 is 9.30 Å². The second kappa shape index (κ2) is 16.0. The van der Waals surface area contributed by atoms with Gasteiger partial charge in [-0.1, -0.05) is 166 Å². The summed E-state index contributed by atoms with van der Waals surface area (Å²) in [5.41, 5.74) is 7.03. The van der Waals surface area contributed by atoms with Crippen molar-refractivity contribution in [3.8, 4) is 62.1 Å². The fourth-order valence-electron chi connectivity index (χ4n) is 8.62. The molecule has 0 aliphatic carbocycles. The summed E-state index contributed by atoms with van der Waals surface area (Å²) in [6.45, 7) is 6.67. The monoisotopic (exact) mass is 836 g/mol. The zero-order chi connectivity index (χ0) is 51.9. The van der Waals surface area contributed by atoms with E-state index in [-0.39, 0.29) is 33.4 Å². The molecule has 0 atom stereocenters. The van der Waals surface area contributed by atoms with Gasteiger partial charge in [-0.25, -0.2) is 4.98 Å². The zero-order valence-electron chi connectivity index (χ0n) is 45.3. The van der Waals surface area contributed by atoms with Crippen LogP contribution in [0.1, 0.15) is 40.0 Å². The standard InChI is InChI=1S/C59H46N4O/c1-59(2,3)39-41-33-34-60-57(35-41)63-53-28-14-13-25-51(53)52-31-30-48(38-55(52)63)64-47-24-15-23-46(37-47)61-40-62(54-32-29-45(36-56(54)61)42-17-7-4-8-18-42)58-49(43-19-9-5-10-20-43)26-16-27-50(58)44-21-11-6-12-22-44/h4-38H,39H2,1-3H3/i5D,6D,9D,10D,11D,12D,19D,20D,21D,22D. The van der Waals surface area contributed by atoms with Crippen LogP contribution in [-0.2, 0) is 6.42 Å². The van der Waals surface area contributed by atoms with E-state index in [0.29, 0.717) is 28.2 Å². The molecule has 11 aromatic rings. The number of fused-ring (bicyclic) bond motifs is 4. The first-order valence-electron chi connectivity index (χ1n) is 26.1. The molecule has 0 radical (unpaired) electrons. The number of para-hydroxylation sites is 2. The maximum absolute atomic E-state index is 9.12. The maximum atomic E-state index is 9.12. The van der Waals surface area contributed by atoms with E-state index < -0.39 is 60.4 Å². The highest BCUT2D eigenvalue weighted by atomic mass is 16.5. The highest BCUT2D eigenvalue weighted by molar-refractivity contribution is 6.09. The number of benzene rings is 8. The number of rotatable bonds is 9. The molecule has 3 heterocycles. The number of ether oxygens (including phenoxy) is 1. The predicted molar refractivity (Wildman–Crippen MR) is 262 cm³/mol. The van der Waals surface area contributed by atoms with Gasteiger partial charge in [-0.2, -0.15) is 0 Å². The lowest BCUT2D eigenvalue weighted by Gasteiger charge is -2.18. The van der Waals surface area contributed by atoms with Gasteiger partial charge in [0.25, 0.3) is 6.33 Å². The largest absolute Gasteiger partial charge is 0.458 e. The third-order valence-electron chi connectivity index (χ3n) is 11.3. The molecule has 0 aliphatic heterocycles. The second-order valence-corrected chi connectivity index (χ2v) is 16.9. The van der Waals surface area contributed by atoms with Crippen LogP contribution in [0.2, 0.25) is 0 Å². The van der Waals surface area contributed by atoms with Gasteiger partial charge in [0.2, 0.25) is 0 Å². The van der Waals surface area contributed by atoms with Crippen molar-refractivity contribution in [3.63, 3.8) is 0 Å². The Morgan fingerprint density at radius 2 is 1.27 bits per heavy atom. The lowest BCUT2D eigenvalue weighted by atomic mass is 9.88. The number of pyridine rings is 1. The molecular weight excluding hydrogens is 781 g/mol. The Hall–Kier alpha value is -8.02. The maximum Gasteiger partial charge on any atom is 0.269 e. The van der Waals surface area contributed by atoms with Crippen molar-refractivity contribution in [2.45, 2.75) is 27.2 Å². The summed E-state index contributed by atoms with van der Waals surface area (Å²) in [7, 11) is 0. The first-order chi connectivity index (χ1) is 35.5. The van der Waals surface area contributed by atoms with Crippen LogP contribution in [-0.4, -0.2) is 14.1 Å². The Labute approximate surface area is 387 Å². The fourth-order valence-corrected chi connectivity index (χ4v) is 8.62. The van der Waals surface area contributed by atoms with Crippen molar-refractivity contribution in [1.82, 2.24) is 14.1 Å². The summed E-state index contributed by atoms with van der Waals surface area (Å²) in [5, 5.41) is 2.13. The van der Waals surface area contributed by atoms with Gasteiger partial charge in [0, 0.05) is 23.0 Å². The second-order valence-electron chi connectivity index (χ2n) is 16.9. The average Bonchev–Trinajstić information content (AvgIpc) is 3.95. The van der Waals surface area contributed by atoms with E-state index in [0.717, 1.165) is 45.2 Å². The van der Waals surface area contributed by atoms with Gasteiger partial charge < -0.3 is 4.74 Å². The van der Waals surface area contributed by atoms with Crippen LogP contribution >= 0.6 is 0 Å². The predicted octanol–water partition coefficient (Wildman–Crippen LogP) is 14.6. The lowest BCUT2D eigenvalue weighted by molar-refractivity contribution is -0.571. The third-order valence-corrected chi connectivity index (χ3v) is 11.3. The van der Waals surface area contributed by atoms with Crippen LogP contribution in [0.15, 0.2) is 212 Å². The SMILES string of the molecule is [2H]c1c([2H])c([2H])c(-c2cccc(-c3c([2H])c([2H])c([2H])c([2H])c3[2H])c2-[n+]2[c-]n(-c3cccc(Oc4ccc5c6ccccc6n(-c6cc(CC(C)(C)C)ccn6)c5c4)c3)c3cc(-c4ccccc4)ccc32)c([2H])c1[2H]. The first-order valence-corrected chi connectivity index (χ1v) is 21.1. The molecule has 0 unspecified atom stereocenters. The molecule has 8 aromatic carbocycles. The summed E-state index contributed by atoms with van der Waals surface area (Å²) in [5.74, 6) is 1.90. The quantitative estimate of drug-likeness (QED) is 0.107. The topological polar surface area (TPSA) is 35.9 Å². The van der Waals surface area contributed by atoms with Crippen molar-refractivity contribution < 1.29 is 23.0 Å². The normalized spacial score (nSPS) is 13.9. The van der Waals surface area contributed by atoms with Crippen molar-refractivity contribution in [3.05, 3.63) is 224 Å². The Morgan fingerprint density at radius 3 is 2.02 bits per heavy atom. The van der Waals surface area contributed by atoms with E-state index in [9.17, 15) is 0 Å². The zero-order valence-corrected chi connectivity index (χ0v) is 35.3. The molecule has 0 aliphatic rings. The van der Waals surface area contributed by atoms with Crippen LogP contribution in [0.5, 0.6) is 11.5 Å². The van der Waals surface area contributed by atoms with E-state index in [1.807, 2.05) is 108 Å². The van der Waals surface area contributed by atoms with Crippen molar-refractivity contribution in [2.75, 3.05) is 0 Å². The molecule has 0 amide bonds. The van der Waals surface area contributed by atoms with Gasteiger partial charge in [-0.3, -0.25) is 13.7 Å². The molecular formula is C59H46N4O. The minimum Gasteiger partial charge on any atom is -0.458 e. The number of imidazole rings is 1. The van der Waals surface area contributed by atoms with Crippen molar-refractivity contribution in [2.24, 2.45) is 5.41 Å². The minimum absolute atomic E-state index is 0.0832. The van der Waals surface area contributed by atoms with E-state index >= 15 is 0 Å². The fraction of sp³-hybridized carbons (Fsp3) is 0.0847. The number of hydrogen-bond donors (Lipinski definition) is 0. The van der Waals surface area contributed by atoms with Gasteiger partial charge in [0.15, 0.2) is 0 Å². The highest BCUT2D eigenvalue weighted by Crippen LogP contribution is 2.38. The molecule has 0 N–H and O–H groups in total. The van der Waals surface area contributed by atoms with Gasteiger partial charge in [0.05, 0.1) is 47.1 Å². The molecule has 64 heavy (non-hydrogen) atoms. The van der Waals surface area contributed by atoms with Gasteiger partial charge in [-0.15, -0.1) is 0 Å². The van der Waals surface area contributed by atoms with E-state index in [4.69, 9.17) is 23.4 Å². The molecule has 0 saturated heterocycles.